The molecule has 2 aliphatic heterocycles. The molecule has 1 atom stereocenters. The third-order valence-electron chi connectivity index (χ3n) is 8.88. The van der Waals surface area contributed by atoms with E-state index in [1.807, 2.05) is 48.4 Å². The second-order valence-corrected chi connectivity index (χ2v) is 12.6. The van der Waals surface area contributed by atoms with Crippen LogP contribution in [-0.4, -0.2) is 65.0 Å². The lowest BCUT2D eigenvalue weighted by Crippen LogP contribution is -2.52. The number of hydrogen-bond acceptors (Lipinski definition) is 6. The van der Waals surface area contributed by atoms with Crippen LogP contribution in [0.25, 0.3) is 5.57 Å². The topological polar surface area (TPSA) is 56.3 Å². The highest BCUT2D eigenvalue weighted by atomic mass is 35.5. The van der Waals surface area contributed by atoms with Gasteiger partial charge in [-0.2, -0.15) is 13.2 Å². The second-order valence-electron chi connectivity index (χ2n) is 12.2. The van der Waals surface area contributed by atoms with Gasteiger partial charge in [-0.05, 0) is 47.9 Å². The van der Waals surface area contributed by atoms with Crippen molar-refractivity contribution >= 4 is 29.0 Å². The van der Waals surface area contributed by atoms with E-state index in [1.165, 1.54) is 12.1 Å². The molecule has 0 radical (unpaired) electrons. The number of benzene rings is 4. The molecule has 0 saturated heterocycles. The van der Waals surface area contributed by atoms with Crippen molar-refractivity contribution in [2.45, 2.75) is 32.1 Å². The van der Waals surface area contributed by atoms with Gasteiger partial charge in [-0.15, -0.1) is 0 Å². The van der Waals surface area contributed by atoms with Crippen molar-refractivity contribution in [2.75, 3.05) is 33.4 Å². The van der Waals surface area contributed by atoms with Gasteiger partial charge in [0.1, 0.15) is 11.6 Å². The SMILES string of the molecule is CCCN([C@@H](CN1C=C(c2cccc(OC)c2Cl)CN(Cc2c(F)cccc2C(F)(F)F)C1)c1ccccc1)N1C(=O)c2ccccc2C1=O. The second kappa shape index (κ2) is 14.6. The third-order valence-corrected chi connectivity index (χ3v) is 9.27. The maximum absolute atomic E-state index is 15.1. The lowest BCUT2D eigenvalue weighted by molar-refractivity contribution is -0.138. The summed E-state index contributed by atoms with van der Waals surface area (Å²) >= 11 is 6.76. The molecule has 50 heavy (non-hydrogen) atoms. The van der Waals surface area contributed by atoms with Crippen LogP contribution >= 0.6 is 11.6 Å². The number of halogens is 5. The Kier molecular flexibility index (Phi) is 10.3. The number of carbonyl (C=O) groups is 2. The first-order chi connectivity index (χ1) is 24.0. The van der Waals surface area contributed by atoms with Crippen LogP contribution < -0.4 is 4.74 Å². The minimum Gasteiger partial charge on any atom is -0.495 e. The first kappa shape index (κ1) is 35.1. The Labute approximate surface area is 292 Å². The highest BCUT2D eigenvalue weighted by molar-refractivity contribution is 6.33. The smallest absolute Gasteiger partial charge is 0.416 e. The van der Waals surface area contributed by atoms with Crippen LogP contribution in [0, 0.1) is 5.82 Å². The fraction of sp³-hybridized carbons (Fsp3) is 0.263. The first-order valence-electron chi connectivity index (χ1n) is 16.2. The number of amides is 2. The van der Waals surface area contributed by atoms with Gasteiger partial charge in [-0.1, -0.05) is 79.2 Å². The summed E-state index contributed by atoms with van der Waals surface area (Å²) in [5.41, 5.74) is 1.21. The van der Waals surface area contributed by atoms with Crippen LogP contribution in [-0.2, 0) is 12.7 Å². The predicted octanol–water partition coefficient (Wildman–Crippen LogP) is 8.29. The molecule has 0 bridgehead atoms. The Bertz CT molecular complexity index is 1880. The van der Waals surface area contributed by atoms with Gasteiger partial charge in [-0.25, -0.2) is 14.4 Å². The van der Waals surface area contributed by atoms with E-state index >= 15 is 4.39 Å². The molecular weight excluding hydrogens is 672 g/mol. The van der Waals surface area contributed by atoms with Crippen LogP contribution in [0.15, 0.2) is 97.2 Å². The molecule has 2 heterocycles. The molecule has 0 spiro atoms. The van der Waals surface area contributed by atoms with Crippen molar-refractivity contribution in [1.29, 1.82) is 0 Å². The van der Waals surface area contributed by atoms with Crippen molar-refractivity contribution in [3.63, 3.8) is 0 Å². The van der Waals surface area contributed by atoms with Gasteiger partial charge in [-0.3, -0.25) is 14.5 Å². The number of imide groups is 1. The number of carbonyl (C=O) groups excluding carboxylic acids is 2. The molecule has 12 heteroatoms. The van der Waals surface area contributed by atoms with E-state index in [-0.39, 0.29) is 26.3 Å². The van der Waals surface area contributed by atoms with Gasteiger partial charge >= 0.3 is 6.18 Å². The van der Waals surface area contributed by atoms with Gasteiger partial charge in [0, 0.05) is 43.5 Å². The Balaban J connectivity index is 1.42. The lowest BCUT2D eigenvalue weighted by atomic mass is 10.0. The van der Waals surface area contributed by atoms with Gasteiger partial charge in [0.05, 0.1) is 41.5 Å². The summed E-state index contributed by atoms with van der Waals surface area (Å²) in [6.45, 7) is 2.44. The quantitative estimate of drug-likeness (QED) is 0.116. The number of rotatable bonds is 11. The summed E-state index contributed by atoms with van der Waals surface area (Å²) in [6.07, 6.45) is -2.27. The molecular formula is C38H35ClF4N4O3. The zero-order valence-electron chi connectivity index (χ0n) is 27.5. The maximum Gasteiger partial charge on any atom is 0.416 e. The van der Waals surface area contributed by atoms with Crippen LogP contribution in [0.4, 0.5) is 17.6 Å². The first-order valence-corrected chi connectivity index (χ1v) is 16.5. The Morgan fingerprint density at radius 2 is 1.52 bits per heavy atom. The molecule has 2 amide bonds. The molecule has 4 aromatic carbocycles. The Morgan fingerprint density at radius 1 is 0.880 bits per heavy atom. The molecule has 260 valence electrons. The van der Waals surface area contributed by atoms with E-state index in [2.05, 4.69) is 0 Å². The molecule has 0 N–H and O–H groups in total. The van der Waals surface area contributed by atoms with Crippen LogP contribution in [0.1, 0.15) is 62.4 Å². The average Bonchev–Trinajstić information content (AvgIpc) is 3.36. The minimum absolute atomic E-state index is 0.113. The van der Waals surface area contributed by atoms with Gasteiger partial charge in [0.25, 0.3) is 11.8 Å². The summed E-state index contributed by atoms with van der Waals surface area (Å²) in [5, 5.41) is 3.29. The number of alkyl halides is 3. The van der Waals surface area contributed by atoms with Crippen LogP contribution in [0.2, 0.25) is 5.02 Å². The largest absolute Gasteiger partial charge is 0.495 e. The summed E-state index contributed by atoms with van der Waals surface area (Å²) in [5.74, 6) is -1.40. The number of methoxy groups -OCH3 is 1. The van der Waals surface area contributed by atoms with Crippen molar-refractivity contribution < 1.29 is 31.9 Å². The van der Waals surface area contributed by atoms with E-state index in [0.29, 0.717) is 46.0 Å². The molecule has 4 aromatic rings. The fourth-order valence-corrected chi connectivity index (χ4v) is 6.97. The van der Waals surface area contributed by atoms with Crippen molar-refractivity contribution in [1.82, 2.24) is 19.8 Å². The Hall–Kier alpha value is -4.71. The summed E-state index contributed by atoms with van der Waals surface area (Å²) < 4.78 is 62.8. The predicted molar refractivity (Wildman–Crippen MR) is 182 cm³/mol. The highest BCUT2D eigenvalue weighted by Crippen LogP contribution is 2.38. The van der Waals surface area contributed by atoms with Gasteiger partial charge in [0.2, 0.25) is 0 Å². The van der Waals surface area contributed by atoms with E-state index in [1.54, 1.807) is 52.4 Å². The minimum atomic E-state index is -4.76. The molecule has 7 nitrogen and oxygen atoms in total. The summed E-state index contributed by atoms with van der Waals surface area (Å²) in [7, 11) is 1.49. The fourth-order valence-electron chi connectivity index (χ4n) is 6.65. The number of ether oxygens (including phenoxy) is 1. The monoisotopic (exact) mass is 706 g/mol. The zero-order chi connectivity index (χ0) is 35.6. The molecule has 2 aliphatic rings. The van der Waals surface area contributed by atoms with E-state index in [0.717, 1.165) is 23.8 Å². The molecule has 0 aromatic heterocycles. The maximum atomic E-state index is 15.1. The van der Waals surface area contributed by atoms with E-state index < -0.39 is 41.0 Å². The van der Waals surface area contributed by atoms with Gasteiger partial charge < -0.3 is 9.64 Å². The number of hydrazine groups is 1. The molecule has 0 unspecified atom stereocenters. The highest BCUT2D eigenvalue weighted by Gasteiger charge is 2.42. The summed E-state index contributed by atoms with van der Waals surface area (Å²) in [6, 6.07) is 23.8. The zero-order valence-corrected chi connectivity index (χ0v) is 28.2. The van der Waals surface area contributed by atoms with Crippen molar-refractivity contribution in [2.24, 2.45) is 0 Å². The van der Waals surface area contributed by atoms with Crippen molar-refractivity contribution in [3.8, 4) is 5.75 Å². The van der Waals surface area contributed by atoms with E-state index in [4.69, 9.17) is 16.3 Å². The third kappa shape index (κ3) is 6.98. The molecule has 6 rings (SSSR count). The van der Waals surface area contributed by atoms with Crippen molar-refractivity contribution in [3.05, 3.63) is 141 Å². The van der Waals surface area contributed by atoms with Gasteiger partial charge in [0.15, 0.2) is 0 Å². The molecule has 0 aliphatic carbocycles. The van der Waals surface area contributed by atoms with E-state index in [9.17, 15) is 22.8 Å². The standard InChI is InChI=1S/C38H35ClF4N4O3/c1-3-19-46(47-36(48)28-13-7-8-14-29(28)37(47)49)33(25-11-5-4-6-12-25)23-45-21-26(27-15-9-18-34(50-2)35(27)39)20-44(24-45)22-30-31(38(41,42)43)16-10-17-32(30)40/h4-18,21,33H,3,19-20,22-24H2,1-2H3/t33-/m0/s1. The number of fused-ring (bicyclic) bond motifs is 1. The average molecular weight is 707 g/mol. The van der Waals surface area contributed by atoms with Crippen LogP contribution in [0.3, 0.4) is 0 Å². The lowest BCUT2D eigenvalue weighted by Gasteiger charge is -2.42. The molecule has 0 fully saturated rings. The molecule has 0 saturated carbocycles. The van der Waals surface area contributed by atoms with Crippen LogP contribution in [0.5, 0.6) is 5.75 Å². The number of nitrogens with zero attached hydrogens (tertiary/aromatic N) is 4. The Morgan fingerprint density at radius 3 is 2.16 bits per heavy atom. The number of hydrogen-bond donors (Lipinski definition) is 0. The summed E-state index contributed by atoms with van der Waals surface area (Å²) in [4.78, 5) is 31.1. The normalized spacial score (nSPS) is 15.8.